The van der Waals surface area contributed by atoms with Gasteiger partial charge in [-0.3, -0.25) is 4.21 Å². The third-order valence-corrected chi connectivity index (χ3v) is 6.23. The Labute approximate surface area is 169 Å². The van der Waals surface area contributed by atoms with Crippen LogP contribution < -0.4 is 5.73 Å². The molecular formula is C20H17Cl2N3OS. The predicted octanol–water partition coefficient (Wildman–Crippen LogP) is 4.90. The fourth-order valence-corrected chi connectivity index (χ4v) is 4.54. The van der Waals surface area contributed by atoms with Gasteiger partial charge >= 0.3 is 0 Å². The van der Waals surface area contributed by atoms with Crippen LogP contribution in [0.15, 0.2) is 48.7 Å². The Bertz CT molecular complexity index is 1170. The Kier molecular flexibility index (Phi) is 5.19. The number of aromatic amines is 1. The summed E-state index contributed by atoms with van der Waals surface area (Å²) in [5.41, 5.74) is 10.0. The first-order chi connectivity index (χ1) is 13.0. The van der Waals surface area contributed by atoms with Gasteiger partial charge in [-0.15, -0.1) is 0 Å². The zero-order chi connectivity index (χ0) is 19.0. The number of aromatic nitrogens is 2. The Balaban J connectivity index is 1.92. The first kappa shape index (κ1) is 18.4. The van der Waals surface area contributed by atoms with E-state index in [1.807, 2.05) is 48.7 Å². The van der Waals surface area contributed by atoms with Crippen molar-refractivity contribution in [2.24, 2.45) is 5.73 Å². The maximum absolute atomic E-state index is 12.3. The van der Waals surface area contributed by atoms with Gasteiger partial charge in [0.1, 0.15) is 0 Å². The van der Waals surface area contributed by atoms with Crippen molar-refractivity contribution in [1.29, 1.82) is 0 Å². The van der Waals surface area contributed by atoms with Gasteiger partial charge in [-0.25, -0.2) is 4.98 Å². The molecule has 0 amide bonds. The number of halogens is 2. The van der Waals surface area contributed by atoms with Crippen molar-refractivity contribution in [3.63, 3.8) is 0 Å². The van der Waals surface area contributed by atoms with Gasteiger partial charge in [0.05, 0.1) is 11.2 Å². The number of benzene rings is 2. The molecule has 4 rings (SSSR count). The zero-order valence-corrected chi connectivity index (χ0v) is 16.7. The lowest BCUT2D eigenvalue weighted by Gasteiger charge is -2.10. The highest BCUT2D eigenvalue weighted by molar-refractivity contribution is 7.84. The van der Waals surface area contributed by atoms with Crippen molar-refractivity contribution in [2.75, 3.05) is 12.3 Å². The number of pyridine rings is 1. The van der Waals surface area contributed by atoms with Crippen molar-refractivity contribution < 1.29 is 4.21 Å². The summed E-state index contributed by atoms with van der Waals surface area (Å²) in [4.78, 5) is 8.05. The predicted molar refractivity (Wildman–Crippen MR) is 115 cm³/mol. The maximum Gasteiger partial charge on any atom is 0.0734 e. The van der Waals surface area contributed by atoms with Gasteiger partial charge in [-0.05, 0) is 42.0 Å². The summed E-state index contributed by atoms with van der Waals surface area (Å²) in [5.74, 6) is 0.892. The molecule has 4 aromatic rings. The van der Waals surface area contributed by atoms with Crippen LogP contribution in [0.25, 0.3) is 33.1 Å². The number of nitrogens with two attached hydrogens (primary N) is 1. The normalized spacial score (nSPS) is 12.7. The van der Waals surface area contributed by atoms with E-state index in [1.54, 1.807) is 0 Å². The average Bonchev–Trinajstić information content (AvgIpc) is 3.04. The number of fused-ring (bicyclic) bond motifs is 2. The molecule has 0 spiro atoms. The second-order valence-electron chi connectivity index (χ2n) is 6.30. The van der Waals surface area contributed by atoms with Crippen LogP contribution in [0.5, 0.6) is 0 Å². The number of H-pyrrole nitrogens is 1. The Morgan fingerprint density at radius 2 is 1.81 bits per heavy atom. The molecule has 1 unspecified atom stereocenters. The molecular weight excluding hydrogens is 401 g/mol. The molecule has 3 N–H and O–H groups in total. The molecule has 4 nitrogen and oxygen atoms in total. The first-order valence-electron chi connectivity index (χ1n) is 8.46. The van der Waals surface area contributed by atoms with Crippen LogP contribution in [0.4, 0.5) is 0 Å². The van der Waals surface area contributed by atoms with E-state index < -0.39 is 10.8 Å². The highest BCUT2D eigenvalue weighted by Gasteiger charge is 2.14. The van der Waals surface area contributed by atoms with E-state index in [4.69, 9.17) is 33.9 Å². The second kappa shape index (κ2) is 7.60. The number of hydrogen-bond acceptors (Lipinski definition) is 3. The van der Waals surface area contributed by atoms with Gasteiger partial charge in [-0.1, -0.05) is 29.3 Å². The summed E-state index contributed by atoms with van der Waals surface area (Å²) >= 11 is 12.4. The fourth-order valence-electron chi connectivity index (χ4n) is 3.21. The summed E-state index contributed by atoms with van der Waals surface area (Å²) in [7, 11) is -1.03. The van der Waals surface area contributed by atoms with Crippen molar-refractivity contribution in [3.8, 4) is 11.3 Å². The summed E-state index contributed by atoms with van der Waals surface area (Å²) in [6.07, 6.45) is 1.92. The number of nitrogens with zero attached hydrogens (tertiary/aromatic N) is 1. The number of rotatable bonds is 5. The fraction of sp³-hybridized carbons (Fsp3) is 0.150. The van der Waals surface area contributed by atoms with E-state index in [1.165, 1.54) is 0 Å². The molecule has 0 aliphatic rings. The summed E-state index contributed by atoms with van der Waals surface area (Å²) < 4.78 is 12.3. The van der Waals surface area contributed by atoms with Crippen LogP contribution in [0, 0.1) is 0 Å². The third kappa shape index (κ3) is 3.73. The highest BCUT2D eigenvalue weighted by Crippen LogP contribution is 2.33. The smallest absolute Gasteiger partial charge is 0.0734 e. The van der Waals surface area contributed by atoms with Crippen molar-refractivity contribution in [1.82, 2.24) is 9.97 Å². The van der Waals surface area contributed by atoms with E-state index in [0.717, 1.165) is 38.6 Å². The molecule has 27 heavy (non-hydrogen) atoms. The standard InChI is InChI=1S/C20H17Cl2N3OS/c21-13-2-4-18-16(8-13)17(10-24-18)19-7-12(11-27(26)6-5-23)15-3-1-14(22)9-20(15)25-19/h1-4,7-10,24H,5-6,11,23H2. The van der Waals surface area contributed by atoms with E-state index in [2.05, 4.69) is 4.98 Å². The van der Waals surface area contributed by atoms with Crippen LogP contribution in [0.3, 0.4) is 0 Å². The molecule has 2 aromatic heterocycles. The SMILES string of the molecule is NCCS(=O)Cc1cc(-c2c[nH]c3ccc(Cl)cc23)nc2cc(Cl)ccc12. The minimum atomic E-state index is -1.03. The molecule has 0 saturated carbocycles. The molecule has 138 valence electrons. The molecule has 0 bridgehead atoms. The summed E-state index contributed by atoms with van der Waals surface area (Å²) in [6, 6.07) is 13.3. The quantitative estimate of drug-likeness (QED) is 0.484. The lowest BCUT2D eigenvalue weighted by Crippen LogP contribution is -2.11. The average molecular weight is 418 g/mol. The molecule has 0 aliphatic carbocycles. The molecule has 0 saturated heterocycles. The lowest BCUT2D eigenvalue weighted by atomic mass is 10.0. The van der Waals surface area contributed by atoms with Gasteiger partial charge in [0, 0.05) is 66.9 Å². The molecule has 7 heteroatoms. The van der Waals surface area contributed by atoms with E-state index >= 15 is 0 Å². The third-order valence-electron chi connectivity index (χ3n) is 4.44. The minimum Gasteiger partial charge on any atom is -0.360 e. The monoisotopic (exact) mass is 417 g/mol. The summed E-state index contributed by atoms with van der Waals surface area (Å²) in [5, 5.41) is 3.22. The van der Waals surface area contributed by atoms with Gasteiger partial charge in [0.15, 0.2) is 0 Å². The molecule has 0 radical (unpaired) electrons. The van der Waals surface area contributed by atoms with Crippen LogP contribution in [-0.2, 0) is 16.6 Å². The van der Waals surface area contributed by atoms with Crippen molar-refractivity contribution in [2.45, 2.75) is 5.75 Å². The van der Waals surface area contributed by atoms with Crippen LogP contribution in [0.2, 0.25) is 10.0 Å². The topological polar surface area (TPSA) is 71.8 Å². The molecule has 1 atom stereocenters. The van der Waals surface area contributed by atoms with Crippen LogP contribution in [-0.4, -0.2) is 26.5 Å². The van der Waals surface area contributed by atoms with Crippen LogP contribution in [0.1, 0.15) is 5.56 Å². The van der Waals surface area contributed by atoms with Gasteiger partial charge < -0.3 is 10.7 Å². The summed E-state index contributed by atoms with van der Waals surface area (Å²) in [6.45, 7) is 0.398. The molecule has 0 fully saturated rings. The first-order valence-corrected chi connectivity index (χ1v) is 10.7. The largest absolute Gasteiger partial charge is 0.360 e. The lowest BCUT2D eigenvalue weighted by molar-refractivity contribution is 0.682. The van der Waals surface area contributed by atoms with Gasteiger partial charge in [-0.2, -0.15) is 0 Å². The Morgan fingerprint density at radius 1 is 1.04 bits per heavy atom. The van der Waals surface area contributed by atoms with Crippen LogP contribution >= 0.6 is 23.2 Å². The number of nitrogens with one attached hydrogen (secondary N) is 1. The number of hydrogen-bond donors (Lipinski definition) is 2. The zero-order valence-electron chi connectivity index (χ0n) is 14.3. The minimum absolute atomic E-state index is 0.398. The van der Waals surface area contributed by atoms with Crippen molar-refractivity contribution in [3.05, 3.63) is 64.3 Å². The van der Waals surface area contributed by atoms with E-state index in [0.29, 0.717) is 28.1 Å². The Hall–Kier alpha value is -1.92. The van der Waals surface area contributed by atoms with Gasteiger partial charge in [0.25, 0.3) is 0 Å². The maximum atomic E-state index is 12.3. The Morgan fingerprint density at radius 3 is 2.63 bits per heavy atom. The van der Waals surface area contributed by atoms with Gasteiger partial charge in [0.2, 0.25) is 0 Å². The van der Waals surface area contributed by atoms with Crippen molar-refractivity contribution >= 4 is 55.8 Å². The second-order valence-corrected chi connectivity index (χ2v) is 8.75. The molecule has 0 aliphatic heterocycles. The molecule has 2 aromatic carbocycles. The molecule has 2 heterocycles. The highest BCUT2D eigenvalue weighted by atomic mass is 35.5. The van der Waals surface area contributed by atoms with E-state index in [-0.39, 0.29) is 0 Å². The van der Waals surface area contributed by atoms with E-state index in [9.17, 15) is 4.21 Å².